The first-order valence-corrected chi connectivity index (χ1v) is 10.9. The normalized spacial score (nSPS) is 14.9. The smallest absolute Gasteiger partial charge is 0.261 e. The van der Waals surface area contributed by atoms with Crippen LogP contribution >= 0.6 is 15.9 Å². The fourth-order valence-electron chi connectivity index (χ4n) is 3.52. The molecule has 0 spiro atoms. The minimum absolute atomic E-state index is 0.158. The van der Waals surface area contributed by atoms with Gasteiger partial charge in [0.1, 0.15) is 17.6 Å². The first-order chi connectivity index (χ1) is 14.4. The Hall–Kier alpha value is -2.41. The lowest BCUT2D eigenvalue weighted by atomic mass is 10.1. The molecule has 1 N–H and O–H groups in total. The predicted molar refractivity (Wildman–Crippen MR) is 116 cm³/mol. The van der Waals surface area contributed by atoms with Gasteiger partial charge in [-0.15, -0.1) is 0 Å². The molecule has 5 nitrogen and oxygen atoms in total. The summed E-state index contributed by atoms with van der Waals surface area (Å²) < 4.78 is 19.5. The monoisotopic (exact) mass is 476 g/mol. The van der Waals surface area contributed by atoms with Crippen LogP contribution in [0.1, 0.15) is 38.2 Å². The molecule has 1 fully saturated rings. The maximum Gasteiger partial charge on any atom is 0.261 e. The molecule has 0 saturated heterocycles. The van der Waals surface area contributed by atoms with Gasteiger partial charge in [0.2, 0.25) is 5.91 Å². The van der Waals surface area contributed by atoms with Crippen molar-refractivity contribution in [2.24, 2.45) is 0 Å². The van der Waals surface area contributed by atoms with Crippen LogP contribution in [0.3, 0.4) is 0 Å². The van der Waals surface area contributed by atoms with Crippen molar-refractivity contribution in [3.05, 3.63) is 64.4 Å². The molecule has 0 aromatic heterocycles. The number of nitrogens with one attached hydrogen (secondary N) is 1. The Morgan fingerprint density at radius 1 is 1.13 bits per heavy atom. The third kappa shape index (κ3) is 6.29. The van der Waals surface area contributed by atoms with Crippen molar-refractivity contribution in [1.82, 2.24) is 10.2 Å². The van der Waals surface area contributed by atoms with Crippen molar-refractivity contribution in [2.45, 2.75) is 51.2 Å². The molecule has 0 aliphatic heterocycles. The summed E-state index contributed by atoms with van der Waals surface area (Å²) in [5.41, 5.74) is 0.911. The Morgan fingerprint density at radius 3 is 2.40 bits per heavy atom. The van der Waals surface area contributed by atoms with Gasteiger partial charge in [0, 0.05) is 17.1 Å². The zero-order valence-electron chi connectivity index (χ0n) is 16.9. The van der Waals surface area contributed by atoms with E-state index in [1.54, 1.807) is 6.92 Å². The summed E-state index contributed by atoms with van der Waals surface area (Å²) in [6, 6.07) is 12.6. The lowest BCUT2D eigenvalue weighted by Crippen LogP contribution is -2.50. The van der Waals surface area contributed by atoms with Crippen molar-refractivity contribution >= 4 is 27.7 Å². The highest BCUT2D eigenvalue weighted by molar-refractivity contribution is 9.10. The number of rotatable bonds is 8. The molecule has 0 radical (unpaired) electrons. The Labute approximate surface area is 184 Å². The second-order valence-electron chi connectivity index (χ2n) is 7.56. The summed E-state index contributed by atoms with van der Waals surface area (Å²) in [7, 11) is 0. The van der Waals surface area contributed by atoms with Gasteiger partial charge in [-0.05, 0) is 61.7 Å². The number of nitrogens with zero attached hydrogens (tertiary/aromatic N) is 1. The van der Waals surface area contributed by atoms with Crippen LogP contribution in [0.4, 0.5) is 4.39 Å². The van der Waals surface area contributed by atoms with Crippen LogP contribution in [0.15, 0.2) is 53.0 Å². The summed E-state index contributed by atoms with van der Waals surface area (Å²) in [5.74, 6) is -0.440. The largest absolute Gasteiger partial charge is 0.484 e. The van der Waals surface area contributed by atoms with Crippen LogP contribution in [-0.2, 0) is 16.1 Å². The van der Waals surface area contributed by atoms with Gasteiger partial charge in [0.25, 0.3) is 5.91 Å². The van der Waals surface area contributed by atoms with Crippen molar-refractivity contribution in [1.29, 1.82) is 0 Å². The van der Waals surface area contributed by atoms with Crippen LogP contribution in [0.5, 0.6) is 5.75 Å². The van der Waals surface area contributed by atoms with Gasteiger partial charge in [0.05, 0.1) is 0 Å². The Kier molecular flexibility index (Phi) is 7.85. The van der Waals surface area contributed by atoms with Crippen LogP contribution in [-0.4, -0.2) is 35.4 Å². The number of halogens is 2. The van der Waals surface area contributed by atoms with E-state index in [9.17, 15) is 14.0 Å². The number of carbonyl (C=O) groups is 2. The minimum Gasteiger partial charge on any atom is -0.484 e. The fraction of sp³-hybridized carbons (Fsp3) is 0.391. The maximum atomic E-state index is 13.1. The zero-order valence-corrected chi connectivity index (χ0v) is 18.5. The lowest BCUT2D eigenvalue weighted by Gasteiger charge is -2.29. The van der Waals surface area contributed by atoms with Crippen molar-refractivity contribution < 1.29 is 18.7 Å². The van der Waals surface area contributed by atoms with E-state index >= 15 is 0 Å². The van der Waals surface area contributed by atoms with Crippen LogP contribution in [0, 0.1) is 5.82 Å². The number of amides is 2. The summed E-state index contributed by atoms with van der Waals surface area (Å²) in [4.78, 5) is 27.3. The lowest BCUT2D eigenvalue weighted by molar-refractivity contribution is -0.142. The molecule has 0 bridgehead atoms. The van der Waals surface area contributed by atoms with Gasteiger partial charge in [-0.1, -0.05) is 40.9 Å². The third-order valence-electron chi connectivity index (χ3n) is 5.31. The quantitative estimate of drug-likeness (QED) is 0.612. The third-order valence-corrected chi connectivity index (χ3v) is 5.84. The Bertz CT molecular complexity index is 852. The Balaban J connectivity index is 1.69. The number of benzene rings is 2. The maximum absolute atomic E-state index is 13.1. The zero-order chi connectivity index (χ0) is 21.5. The highest BCUT2D eigenvalue weighted by Gasteiger charge is 2.28. The number of ether oxygens (including phenoxy) is 1. The first-order valence-electron chi connectivity index (χ1n) is 10.1. The molecule has 2 aromatic rings. The molecular formula is C23H26BrFN2O3. The second kappa shape index (κ2) is 10.6. The topological polar surface area (TPSA) is 58.6 Å². The predicted octanol–water partition coefficient (Wildman–Crippen LogP) is 4.44. The first kappa shape index (κ1) is 22.3. The fourth-order valence-corrected chi connectivity index (χ4v) is 3.78. The highest BCUT2D eigenvalue weighted by atomic mass is 79.9. The summed E-state index contributed by atoms with van der Waals surface area (Å²) in [6.07, 6.45) is 4.19. The molecule has 0 unspecified atom stereocenters. The van der Waals surface area contributed by atoms with Crippen molar-refractivity contribution in [3.8, 4) is 5.75 Å². The van der Waals surface area contributed by atoms with Crippen LogP contribution < -0.4 is 10.1 Å². The standard InChI is InChI=1S/C23H26BrFN2O3/c1-16(23(29)26-20-4-2-3-5-20)27(14-17-6-8-18(24)9-7-17)22(28)15-30-21-12-10-19(25)11-13-21/h6-13,16,20H,2-5,14-15H2,1H3,(H,26,29)/t16-/m0/s1. The van der Waals surface area contributed by atoms with E-state index in [0.717, 1.165) is 35.7 Å². The molecular weight excluding hydrogens is 451 g/mol. The minimum atomic E-state index is -0.640. The van der Waals surface area contributed by atoms with Crippen LogP contribution in [0.2, 0.25) is 0 Å². The van der Waals surface area contributed by atoms with E-state index in [-0.39, 0.29) is 36.8 Å². The van der Waals surface area contributed by atoms with Crippen LogP contribution in [0.25, 0.3) is 0 Å². The van der Waals surface area contributed by atoms with Gasteiger partial charge in [-0.2, -0.15) is 0 Å². The van der Waals surface area contributed by atoms with Gasteiger partial charge in [-0.3, -0.25) is 9.59 Å². The average molecular weight is 477 g/mol. The molecule has 1 saturated carbocycles. The number of carbonyl (C=O) groups excluding carboxylic acids is 2. The molecule has 2 aromatic carbocycles. The van der Waals surface area contributed by atoms with E-state index in [0.29, 0.717) is 5.75 Å². The van der Waals surface area contributed by atoms with Gasteiger partial charge >= 0.3 is 0 Å². The molecule has 7 heteroatoms. The van der Waals surface area contributed by atoms with Crippen molar-refractivity contribution in [3.63, 3.8) is 0 Å². The Morgan fingerprint density at radius 2 is 1.77 bits per heavy atom. The number of hydrogen-bond acceptors (Lipinski definition) is 3. The summed E-state index contributed by atoms with van der Waals surface area (Å²) >= 11 is 3.41. The average Bonchev–Trinajstić information content (AvgIpc) is 3.25. The van der Waals surface area contributed by atoms with Gasteiger partial charge in [-0.25, -0.2) is 4.39 Å². The van der Waals surface area contributed by atoms with Gasteiger partial charge < -0.3 is 15.0 Å². The summed E-state index contributed by atoms with van der Waals surface area (Å²) in [5, 5.41) is 3.07. The van der Waals surface area contributed by atoms with E-state index in [1.807, 2.05) is 24.3 Å². The van der Waals surface area contributed by atoms with E-state index in [2.05, 4.69) is 21.2 Å². The van der Waals surface area contributed by atoms with Crippen molar-refractivity contribution in [2.75, 3.05) is 6.61 Å². The molecule has 1 atom stereocenters. The van der Waals surface area contributed by atoms with E-state index in [4.69, 9.17) is 4.74 Å². The van der Waals surface area contributed by atoms with E-state index in [1.165, 1.54) is 29.2 Å². The SMILES string of the molecule is C[C@@H](C(=O)NC1CCCC1)N(Cc1ccc(Br)cc1)C(=O)COc1ccc(F)cc1. The molecule has 0 heterocycles. The van der Waals surface area contributed by atoms with E-state index < -0.39 is 6.04 Å². The summed E-state index contributed by atoms with van der Waals surface area (Å²) in [6.45, 7) is 1.79. The molecule has 30 heavy (non-hydrogen) atoms. The number of hydrogen-bond donors (Lipinski definition) is 1. The molecule has 1 aliphatic rings. The molecule has 2 amide bonds. The molecule has 160 valence electrons. The molecule has 1 aliphatic carbocycles. The second-order valence-corrected chi connectivity index (χ2v) is 8.47. The van der Waals surface area contributed by atoms with Gasteiger partial charge in [0.15, 0.2) is 6.61 Å². The molecule has 3 rings (SSSR count). The highest BCUT2D eigenvalue weighted by Crippen LogP contribution is 2.19.